The minimum absolute atomic E-state index is 0.196. The van der Waals surface area contributed by atoms with Gasteiger partial charge >= 0.3 is 11.9 Å². The van der Waals surface area contributed by atoms with Gasteiger partial charge in [-0.3, -0.25) is 19.2 Å². The zero-order valence-electron chi connectivity index (χ0n) is 27.9. The number of hydrogen-bond donors (Lipinski definition) is 0. The summed E-state index contributed by atoms with van der Waals surface area (Å²) in [5.74, 6) is -5.77. The number of benzene rings is 2. The summed E-state index contributed by atoms with van der Waals surface area (Å²) in [5.41, 5.74) is 0.719. The van der Waals surface area contributed by atoms with Gasteiger partial charge in [0.2, 0.25) is 23.6 Å². The third-order valence-corrected chi connectivity index (χ3v) is 10.7. The zero-order chi connectivity index (χ0) is 36.0. The standard InChI is InChI=1S/C39H34N2O10/c1-20(2)36(46)48-18-38-15-13-26(50-38)28-30(38)34(44)40(32(28)42)24-9-5-22(6-10-24)17-23-7-11-25(12-8-23)41-33(43)29-27-14-16-39(51-27,31(29)35(41)45)19-49-37(47)21(3)4/h5-16,26-31H,1,3,17-19H2,2,4H3. The molecule has 4 amide bonds. The predicted octanol–water partition coefficient (Wildman–Crippen LogP) is 3.14. The van der Waals surface area contributed by atoms with E-state index < -0.39 is 70.8 Å². The van der Waals surface area contributed by atoms with Gasteiger partial charge in [-0.1, -0.05) is 49.6 Å². The van der Waals surface area contributed by atoms with Gasteiger partial charge in [0.1, 0.15) is 24.4 Å². The van der Waals surface area contributed by atoms with Crippen molar-refractivity contribution in [2.45, 2.75) is 43.7 Å². The molecule has 0 spiro atoms. The van der Waals surface area contributed by atoms with Crippen LogP contribution in [0.4, 0.5) is 11.4 Å². The van der Waals surface area contributed by atoms with Crippen molar-refractivity contribution in [3.05, 3.63) is 108 Å². The van der Waals surface area contributed by atoms with E-state index in [0.717, 1.165) is 11.1 Å². The largest absolute Gasteiger partial charge is 0.459 e. The van der Waals surface area contributed by atoms with Crippen molar-refractivity contribution < 1.29 is 47.7 Å². The lowest BCUT2D eigenvalue weighted by Gasteiger charge is -2.28. The highest BCUT2D eigenvalue weighted by atomic mass is 16.6. The molecule has 12 heteroatoms. The molecule has 8 unspecified atom stereocenters. The quantitative estimate of drug-likeness (QED) is 0.158. The smallest absolute Gasteiger partial charge is 0.333 e. The lowest BCUT2D eigenvalue weighted by molar-refractivity contribution is -0.149. The van der Waals surface area contributed by atoms with Crippen LogP contribution in [0.25, 0.3) is 0 Å². The summed E-state index contributed by atoms with van der Waals surface area (Å²) in [5, 5.41) is 0. The summed E-state index contributed by atoms with van der Waals surface area (Å²) in [6.45, 7) is 9.84. The highest BCUT2D eigenvalue weighted by Gasteiger charge is 2.69. The Morgan fingerprint density at radius 3 is 1.37 bits per heavy atom. The number of nitrogens with zero attached hydrogens (tertiary/aromatic N) is 2. The second-order valence-corrected chi connectivity index (χ2v) is 14.0. The van der Waals surface area contributed by atoms with E-state index in [1.165, 1.54) is 23.6 Å². The second kappa shape index (κ2) is 11.5. The van der Waals surface area contributed by atoms with E-state index in [1.807, 2.05) is 24.3 Å². The summed E-state index contributed by atoms with van der Waals surface area (Å²) in [7, 11) is 0. The molecule has 6 aliphatic heterocycles. The first-order valence-corrected chi connectivity index (χ1v) is 16.7. The fraction of sp³-hybridized carbons (Fsp3) is 0.333. The maximum Gasteiger partial charge on any atom is 0.333 e. The van der Waals surface area contributed by atoms with Gasteiger partial charge in [-0.2, -0.15) is 0 Å². The van der Waals surface area contributed by atoms with Crippen LogP contribution in [-0.2, 0) is 54.1 Å². The zero-order valence-corrected chi connectivity index (χ0v) is 27.9. The number of fused-ring (bicyclic) bond motifs is 10. The fourth-order valence-electron chi connectivity index (χ4n) is 8.21. The fourth-order valence-corrected chi connectivity index (χ4v) is 8.21. The number of esters is 2. The van der Waals surface area contributed by atoms with E-state index >= 15 is 0 Å². The number of ether oxygens (including phenoxy) is 4. The SMILES string of the molecule is C=C(C)C(=O)OCC12C=CC(O1)C1C(=O)N(c3ccc(Cc4ccc(N5C(=O)C6C7C=CC(COC(=O)C(=C)C)(O7)C6C5=O)cc4)cc3)C(=O)C12. The number of carbonyl (C=O) groups excluding carboxylic acids is 6. The lowest BCUT2D eigenvalue weighted by Crippen LogP contribution is -2.44. The summed E-state index contributed by atoms with van der Waals surface area (Å²) in [4.78, 5) is 80.9. The van der Waals surface area contributed by atoms with Gasteiger partial charge in [-0.15, -0.1) is 0 Å². The number of amides is 4. The average molecular weight is 691 g/mol. The summed E-state index contributed by atoms with van der Waals surface area (Å²) in [6, 6.07) is 14.2. The van der Waals surface area contributed by atoms with E-state index in [-0.39, 0.29) is 36.2 Å². The van der Waals surface area contributed by atoms with Gasteiger partial charge in [-0.25, -0.2) is 19.4 Å². The van der Waals surface area contributed by atoms with Crippen LogP contribution in [0.15, 0.2) is 97.1 Å². The Morgan fingerprint density at radius 2 is 1.02 bits per heavy atom. The number of anilines is 2. The van der Waals surface area contributed by atoms with Crippen molar-refractivity contribution in [2.75, 3.05) is 23.0 Å². The van der Waals surface area contributed by atoms with Crippen LogP contribution in [0, 0.1) is 23.7 Å². The van der Waals surface area contributed by atoms with Crippen LogP contribution in [0.3, 0.4) is 0 Å². The van der Waals surface area contributed by atoms with E-state index in [0.29, 0.717) is 17.8 Å². The molecule has 4 bridgehead atoms. The van der Waals surface area contributed by atoms with Crippen molar-refractivity contribution in [3.8, 4) is 0 Å². The molecule has 260 valence electrons. The lowest BCUT2D eigenvalue weighted by atomic mass is 9.77. The van der Waals surface area contributed by atoms with Crippen molar-refractivity contribution in [3.63, 3.8) is 0 Å². The summed E-state index contributed by atoms with van der Waals surface area (Å²) >= 11 is 0. The molecule has 0 saturated carbocycles. The normalized spacial score (nSPS) is 32.2. The molecule has 8 atom stereocenters. The highest BCUT2D eigenvalue weighted by molar-refractivity contribution is 6.24. The van der Waals surface area contributed by atoms with Gasteiger partial charge in [0.25, 0.3) is 0 Å². The Hall–Kier alpha value is -5.46. The van der Waals surface area contributed by atoms with Crippen LogP contribution < -0.4 is 9.80 Å². The van der Waals surface area contributed by atoms with E-state index in [2.05, 4.69) is 13.2 Å². The topological polar surface area (TPSA) is 146 Å². The van der Waals surface area contributed by atoms with Crippen LogP contribution >= 0.6 is 0 Å². The van der Waals surface area contributed by atoms with Gasteiger partial charge in [0.15, 0.2) is 0 Å². The molecule has 51 heavy (non-hydrogen) atoms. The minimum Gasteiger partial charge on any atom is -0.459 e. The van der Waals surface area contributed by atoms with Crippen molar-refractivity contribution in [2.24, 2.45) is 23.7 Å². The minimum atomic E-state index is -1.21. The van der Waals surface area contributed by atoms with E-state index in [9.17, 15) is 28.8 Å². The number of carbonyl (C=O) groups is 6. The average Bonchev–Trinajstić information content (AvgIpc) is 3.95. The third kappa shape index (κ3) is 4.88. The molecule has 0 aromatic heterocycles. The van der Waals surface area contributed by atoms with Gasteiger partial charge < -0.3 is 18.9 Å². The molecular weight excluding hydrogens is 656 g/mol. The molecule has 0 N–H and O–H groups in total. The van der Waals surface area contributed by atoms with Crippen LogP contribution in [0.1, 0.15) is 25.0 Å². The monoisotopic (exact) mass is 690 g/mol. The molecule has 4 saturated heterocycles. The Kier molecular flexibility index (Phi) is 7.41. The second-order valence-electron chi connectivity index (χ2n) is 14.0. The molecule has 2 aromatic carbocycles. The van der Waals surface area contributed by atoms with Crippen LogP contribution in [0.2, 0.25) is 0 Å². The Balaban J connectivity index is 0.935. The van der Waals surface area contributed by atoms with Gasteiger partial charge in [0, 0.05) is 11.1 Å². The van der Waals surface area contributed by atoms with Crippen molar-refractivity contribution in [1.82, 2.24) is 0 Å². The summed E-state index contributed by atoms with van der Waals surface area (Å²) in [6.07, 6.45) is 6.26. The number of hydrogen-bond acceptors (Lipinski definition) is 10. The Bertz CT molecular complexity index is 1870. The maximum absolute atomic E-state index is 13.7. The van der Waals surface area contributed by atoms with Gasteiger partial charge in [-0.05, 0) is 67.8 Å². The molecule has 6 heterocycles. The number of imide groups is 2. The van der Waals surface area contributed by atoms with E-state index in [1.54, 1.807) is 48.6 Å². The number of rotatable bonds is 10. The van der Waals surface area contributed by atoms with Crippen molar-refractivity contribution in [1.29, 1.82) is 0 Å². The first-order chi connectivity index (χ1) is 24.3. The Labute approximate surface area is 292 Å². The van der Waals surface area contributed by atoms with Crippen LogP contribution in [-0.4, -0.2) is 72.2 Å². The molecule has 6 aliphatic rings. The molecule has 0 aliphatic carbocycles. The van der Waals surface area contributed by atoms with Crippen molar-refractivity contribution >= 4 is 46.9 Å². The Morgan fingerprint density at radius 1 is 0.647 bits per heavy atom. The third-order valence-electron chi connectivity index (χ3n) is 10.7. The van der Waals surface area contributed by atoms with E-state index in [4.69, 9.17) is 18.9 Å². The first-order valence-electron chi connectivity index (χ1n) is 16.7. The first kappa shape index (κ1) is 32.7. The highest BCUT2D eigenvalue weighted by Crippen LogP contribution is 2.54. The molecule has 0 radical (unpaired) electrons. The van der Waals surface area contributed by atoms with Gasteiger partial charge in [0.05, 0.1) is 47.3 Å². The van der Waals surface area contributed by atoms with Crippen LogP contribution in [0.5, 0.6) is 0 Å². The molecule has 8 rings (SSSR count). The molecular formula is C39H34N2O10. The maximum atomic E-state index is 13.7. The summed E-state index contributed by atoms with van der Waals surface area (Å²) < 4.78 is 22.8. The molecule has 12 nitrogen and oxygen atoms in total. The molecule has 4 fully saturated rings. The predicted molar refractivity (Wildman–Crippen MR) is 180 cm³/mol. The molecule has 2 aromatic rings.